The highest BCUT2D eigenvalue weighted by Gasteiger charge is 2.29. The van der Waals surface area contributed by atoms with Gasteiger partial charge in [0.15, 0.2) is 0 Å². The lowest BCUT2D eigenvalue weighted by Crippen LogP contribution is -2.44. The quantitative estimate of drug-likeness (QED) is 0.812. The minimum absolute atomic E-state index is 0.114. The Morgan fingerprint density at radius 2 is 1.65 bits per heavy atom. The van der Waals surface area contributed by atoms with E-state index in [9.17, 15) is 9.59 Å². The number of nitrogens with zero attached hydrogens (tertiary/aromatic N) is 2. The summed E-state index contributed by atoms with van der Waals surface area (Å²) in [5.41, 5.74) is 0. The monoisotopic (exact) mass is 323 g/mol. The number of hydrogen-bond acceptors (Lipinski definition) is 3. The Morgan fingerprint density at radius 1 is 1.04 bits per heavy atom. The summed E-state index contributed by atoms with van der Waals surface area (Å²) in [4.78, 5) is 28.7. The molecular formula is C18H33N3O2. The molecule has 0 bridgehead atoms. The van der Waals surface area contributed by atoms with Crippen LogP contribution < -0.4 is 5.32 Å². The molecule has 5 nitrogen and oxygen atoms in total. The highest BCUT2D eigenvalue weighted by atomic mass is 16.2. The number of piperidine rings is 2. The van der Waals surface area contributed by atoms with E-state index in [1.165, 1.54) is 12.8 Å². The predicted molar refractivity (Wildman–Crippen MR) is 92.1 cm³/mol. The number of hydrogen-bond donors (Lipinski definition) is 1. The van der Waals surface area contributed by atoms with Gasteiger partial charge in [-0.1, -0.05) is 0 Å². The fourth-order valence-corrected chi connectivity index (χ4v) is 3.83. The molecule has 2 amide bonds. The molecule has 2 fully saturated rings. The Morgan fingerprint density at radius 3 is 2.22 bits per heavy atom. The van der Waals surface area contributed by atoms with Gasteiger partial charge in [0.25, 0.3) is 0 Å². The third-order valence-electron chi connectivity index (χ3n) is 5.50. The Labute approximate surface area is 140 Å². The lowest BCUT2D eigenvalue weighted by Gasteiger charge is -2.34. The largest absolute Gasteiger partial charge is 0.343 e. The Kier molecular flexibility index (Phi) is 7.34. The SMILES string of the molecule is CCN(CC)C(=O)C1CCN(C(=O)CCC2CCNCC2)CC1. The van der Waals surface area contributed by atoms with Crippen LogP contribution in [0.5, 0.6) is 0 Å². The molecule has 5 heteroatoms. The van der Waals surface area contributed by atoms with Crippen LogP contribution in [-0.2, 0) is 9.59 Å². The fourth-order valence-electron chi connectivity index (χ4n) is 3.83. The number of nitrogens with one attached hydrogen (secondary N) is 1. The molecule has 0 spiro atoms. The van der Waals surface area contributed by atoms with Crippen molar-refractivity contribution in [3.8, 4) is 0 Å². The Balaban J connectivity index is 1.70. The fraction of sp³-hybridized carbons (Fsp3) is 0.889. The standard InChI is InChI=1S/C18H33N3O2/c1-3-20(4-2)18(23)16-9-13-21(14-10-16)17(22)6-5-15-7-11-19-12-8-15/h15-16,19H,3-14H2,1-2H3. The number of rotatable bonds is 6. The molecular weight excluding hydrogens is 290 g/mol. The van der Waals surface area contributed by atoms with Crippen LogP contribution in [0.3, 0.4) is 0 Å². The maximum Gasteiger partial charge on any atom is 0.225 e. The van der Waals surface area contributed by atoms with E-state index in [1.807, 2.05) is 23.6 Å². The second-order valence-electron chi connectivity index (χ2n) is 6.90. The second kappa shape index (κ2) is 9.26. The molecule has 2 aliphatic heterocycles. The molecule has 2 saturated heterocycles. The summed E-state index contributed by atoms with van der Waals surface area (Å²) in [5, 5.41) is 3.37. The van der Waals surface area contributed by atoms with E-state index in [0.717, 1.165) is 58.5 Å². The van der Waals surface area contributed by atoms with Crippen LogP contribution in [0.1, 0.15) is 52.4 Å². The van der Waals surface area contributed by atoms with Gasteiger partial charge in [0.1, 0.15) is 0 Å². The molecule has 132 valence electrons. The smallest absolute Gasteiger partial charge is 0.225 e. The summed E-state index contributed by atoms with van der Waals surface area (Å²) in [6, 6.07) is 0. The second-order valence-corrected chi connectivity index (χ2v) is 6.90. The number of carbonyl (C=O) groups excluding carboxylic acids is 2. The van der Waals surface area contributed by atoms with E-state index in [1.54, 1.807) is 0 Å². The van der Waals surface area contributed by atoms with E-state index in [2.05, 4.69) is 5.32 Å². The molecule has 0 aromatic carbocycles. The molecule has 0 atom stereocenters. The maximum absolute atomic E-state index is 12.4. The molecule has 0 saturated carbocycles. The van der Waals surface area contributed by atoms with E-state index < -0.39 is 0 Å². The molecule has 0 aromatic heterocycles. The highest BCUT2D eigenvalue weighted by molar-refractivity contribution is 5.80. The first-order chi connectivity index (χ1) is 11.2. The highest BCUT2D eigenvalue weighted by Crippen LogP contribution is 2.22. The molecule has 0 radical (unpaired) electrons. The van der Waals surface area contributed by atoms with E-state index in [4.69, 9.17) is 0 Å². The molecule has 0 aliphatic carbocycles. The normalized spacial score (nSPS) is 20.5. The van der Waals surface area contributed by atoms with Gasteiger partial charge in [0.05, 0.1) is 0 Å². The Hall–Kier alpha value is -1.10. The summed E-state index contributed by atoms with van der Waals surface area (Å²) in [5.74, 6) is 1.39. The zero-order valence-corrected chi connectivity index (χ0v) is 14.9. The topological polar surface area (TPSA) is 52.7 Å². The van der Waals surface area contributed by atoms with Crippen LogP contribution in [0.25, 0.3) is 0 Å². The van der Waals surface area contributed by atoms with Crippen LogP contribution in [0.2, 0.25) is 0 Å². The lowest BCUT2D eigenvalue weighted by atomic mass is 9.92. The van der Waals surface area contributed by atoms with Gasteiger partial charge in [-0.25, -0.2) is 0 Å². The summed E-state index contributed by atoms with van der Waals surface area (Å²) in [6.07, 6.45) is 5.77. The average Bonchev–Trinajstić information content (AvgIpc) is 2.61. The molecule has 1 N–H and O–H groups in total. The van der Waals surface area contributed by atoms with Crippen molar-refractivity contribution in [3.63, 3.8) is 0 Å². The van der Waals surface area contributed by atoms with Crippen molar-refractivity contribution in [3.05, 3.63) is 0 Å². The summed E-state index contributed by atoms with van der Waals surface area (Å²) in [7, 11) is 0. The van der Waals surface area contributed by atoms with Gasteiger partial charge in [0.2, 0.25) is 11.8 Å². The van der Waals surface area contributed by atoms with E-state index in [0.29, 0.717) is 12.3 Å². The number of carbonyl (C=O) groups is 2. The van der Waals surface area contributed by atoms with Crippen molar-refractivity contribution in [2.45, 2.75) is 52.4 Å². The van der Waals surface area contributed by atoms with Gasteiger partial charge in [-0.15, -0.1) is 0 Å². The first kappa shape index (κ1) is 18.2. The van der Waals surface area contributed by atoms with Crippen molar-refractivity contribution < 1.29 is 9.59 Å². The van der Waals surface area contributed by atoms with E-state index >= 15 is 0 Å². The predicted octanol–water partition coefficient (Wildman–Crippen LogP) is 1.87. The molecule has 2 heterocycles. The van der Waals surface area contributed by atoms with Crippen LogP contribution in [0, 0.1) is 11.8 Å². The van der Waals surface area contributed by atoms with E-state index in [-0.39, 0.29) is 17.7 Å². The maximum atomic E-state index is 12.4. The van der Waals surface area contributed by atoms with Crippen molar-refractivity contribution in [2.24, 2.45) is 11.8 Å². The summed E-state index contributed by atoms with van der Waals surface area (Å²) >= 11 is 0. The Bertz CT molecular complexity index is 382. The van der Waals surface area contributed by atoms with Crippen LogP contribution in [-0.4, -0.2) is 60.9 Å². The van der Waals surface area contributed by atoms with Crippen molar-refractivity contribution in [1.82, 2.24) is 15.1 Å². The van der Waals surface area contributed by atoms with Crippen molar-refractivity contribution >= 4 is 11.8 Å². The first-order valence-corrected chi connectivity index (χ1v) is 9.43. The zero-order valence-electron chi connectivity index (χ0n) is 14.9. The molecule has 2 rings (SSSR count). The van der Waals surface area contributed by atoms with Gasteiger partial charge in [-0.2, -0.15) is 0 Å². The number of likely N-dealkylation sites (tertiary alicyclic amines) is 1. The summed E-state index contributed by atoms with van der Waals surface area (Å²) < 4.78 is 0. The van der Waals surface area contributed by atoms with Gasteiger partial charge in [-0.3, -0.25) is 9.59 Å². The van der Waals surface area contributed by atoms with Gasteiger partial charge in [0, 0.05) is 38.5 Å². The first-order valence-electron chi connectivity index (χ1n) is 9.43. The molecule has 2 aliphatic rings. The lowest BCUT2D eigenvalue weighted by molar-refractivity contribution is -0.140. The molecule has 0 aromatic rings. The van der Waals surface area contributed by atoms with Gasteiger partial charge in [-0.05, 0) is 65.0 Å². The number of amides is 2. The van der Waals surface area contributed by atoms with Gasteiger partial charge < -0.3 is 15.1 Å². The summed E-state index contributed by atoms with van der Waals surface area (Å²) in [6.45, 7) is 9.32. The molecule has 23 heavy (non-hydrogen) atoms. The van der Waals surface area contributed by atoms with Crippen molar-refractivity contribution in [2.75, 3.05) is 39.3 Å². The molecule has 0 unspecified atom stereocenters. The van der Waals surface area contributed by atoms with Crippen molar-refractivity contribution in [1.29, 1.82) is 0 Å². The van der Waals surface area contributed by atoms with Gasteiger partial charge >= 0.3 is 0 Å². The third-order valence-corrected chi connectivity index (χ3v) is 5.50. The third kappa shape index (κ3) is 5.20. The van der Waals surface area contributed by atoms with Crippen LogP contribution >= 0.6 is 0 Å². The minimum Gasteiger partial charge on any atom is -0.343 e. The average molecular weight is 323 g/mol. The van der Waals surface area contributed by atoms with Crippen LogP contribution in [0.4, 0.5) is 0 Å². The zero-order chi connectivity index (χ0) is 16.7. The van der Waals surface area contributed by atoms with Crippen LogP contribution in [0.15, 0.2) is 0 Å². The minimum atomic E-state index is 0.114.